The van der Waals surface area contributed by atoms with Gasteiger partial charge in [-0.2, -0.15) is 0 Å². The van der Waals surface area contributed by atoms with Crippen molar-refractivity contribution >= 4 is 17.9 Å². The molecule has 166 valence electrons. The van der Waals surface area contributed by atoms with E-state index in [0.717, 1.165) is 0 Å². The van der Waals surface area contributed by atoms with E-state index < -0.39 is 42.3 Å². The minimum atomic E-state index is -2.27. The average molecular weight is 421 g/mol. The van der Waals surface area contributed by atoms with Gasteiger partial charge in [0, 0.05) is 6.04 Å². The second kappa shape index (κ2) is 14.3. The van der Waals surface area contributed by atoms with Crippen LogP contribution >= 0.6 is 0 Å². The number of hydrogen-bond acceptors (Lipinski definition) is 9. The van der Waals surface area contributed by atoms with Crippen molar-refractivity contribution in [1.29, 1.82) is 0 Å². The van der Waals surface area contributed by atoms with Gasteiger partial charge in [0.25, 0.3) is 0 Å². The predicted octanol–water partition coefficient (Wildman–Crippen LogP) is -1.51. The molecule has 29 heavy (non-hydrogen) atoms. The van der Waals surface area contributed by atoms with Crippen LogP contribution in [0.5, 0.6) is 5.75 Å². The first-order valence-electron chi connectivity index (χ1n) is 8.21. The number of benzene rings is 1. The number of hydrogen-bond donors (Lipinski definition) is 9. The van der Waals surface area contributed by atoms with E-state index in [1.165, 1.54) is 6.07 Å². The minimum Gasteiger partial charge on any atom is -0.508 e. The summed E-state index contributed by atoms with van der Waals surface area (Å²) in [4.78, 5) is 29.2. The fraction of sp³-hybridized carbons (Fsp3) is 0.471. The largest absolute Gasteiger partial charge is 0.508 e. The average Bonchev–Trinajstić information content (AvgIpc) is 2.65. The second-order valence-electron chi connectivity index (χ2n) is 5.73. The third-order valence-corrected chi connectivity index (χ3v) is 3.19. The molecule has 0 aliphatic heterocycles. The van der Waals surface area contributed by atoms with E-state index >= 15 is 0 Å². The third kappa shape index (κ3) is 12.3. The summed E-state index contributed by atoms with van der Waals surface area (Å²) in [7, 11) is 0. The zero-order chi connectivity index (χ0) is 23.3. The predicted molar refractivity (Wildman–Crippen MR) is 97.9 cm³/mol. The standard InChI is InChI=1S/C9H13NO2.C4H6O6.C4H8O3/c1-6(10)9(12)7-3-2-4-8(11)5-7;5-1(3(7)8)2(6)4(9)10;1-2-3(5)4(6)7/h2-6,9,11-12H,10H2,1H3;1-2,5-6H,(H,7,8)(H,9,10);3,5H,2H2,1H3,(H,6,7)/t6-,9-;;/m0../s1. The Morgan fingerprint density at radius 1 is 0.931 bits per heavy atom. The molecule has 0 saturated carbocycles. The zero-order valence-corrected chi connectivity index (χ0v) is 15.8. The molecule has 0 aliphatic rings. The van der Waals surface area contributed by atoms with E-state index in [1.807, 2.05) is 0 Å². The topological polar surface area (TPSA) is 239 Å². The van der Waals surface area contributed by atoms with Crippen molar-refractivity contribution in [2.75, 3.05) is 0 Å². The van der Waals surface area contributed by atoms with E-state index in [4.69, 9.17) is 41.5 Å². The molecule has 0 aliphatic carbocycles. The van der Waals surface area contributed by atoms with Gasteiger partial charge < -0.3 is 46.6 Å². The van der Waals surface area contributed by atoms with Crippen LogP contribution in [-0.4, -0.2) is 83.1 Å². The maximum Gasteiger partial charge on any atom is 0.335 e. The number of carboxylic acids is 3. The van der Waals surface area contributed by atoms with Gasteiger partial charge in [-0.25, -0.2) is 14.4 Å². The minimum absolute atomic E-state index is 0.146. The highest BCUT2D eigenvalue weighted by atomic mass is 16.4. The smallest absolute Gasteiger partial charge is 0.335 e. The zero-order valence-electron chi connectivity index (χ0n) is 15.8. The molecule has 0 bridgehead atoms. The molecule has 3 unspecified atom stereocenters. The Morgan fingerprint density at radius 2 is 1.38 bits per heavy atom. The van der Waals surface area contributed by atoms with Gasteiger partial charge in [-0.1, -0.05) is 19.1 Å². The highest BCUT2D eigenvalue weighted by Gasteiger charge is 2.29. The second-order valence-corrected chi connectivity index (χ2v) is 5.73. The monoisotopic (exact) mass is 421 g/mol. The number of carboxylic acid groups (broad SMARTS) is 3. The van der Waals surface area contributed by atoms with E-state index in [2.05, 4.69) is 0 Å². The van der Waals surface area contributed by atoms with Crippen LogP contribution in [0.2, 0.25) is 0 Å². The molecule has 5 atom stereocenters. The highest BCUT2D eigenvalue weighted by molar-refractivity contribution is 5.83. The summed E-state index contributed by atoms with van der Waals surface area (Å²) in [6.07, 6.45) is -6.15. The third-order valence-electron chi connectivity index (χ3n) is 3.19. The fourth-order valence-corrected chi connectivity index (χ4v) is 1.46. The van der Waals surface area contributed by atoms with Crippen molar-refractivity contribution in [2.24, 2.45) is 5.73 Å². The maximum absolute atomic E-state index is 9.77. The van der Waals surface area contributed by atoms with Crippen LogP contribution in [0, 0.1) is 0 Å². The number of aliphatic carboxylic acids is 3. The van der Waals surface area contributed by atoms with Gasteiger partial charge in [0.05, 0.1) is 6.10 Å². The van der Waals surface area contributed by atoms with Crippen molar-refractivity contribution in [3.63, 3.8) is 0 Å². The molecule has 12 nitrogen and oxygen atoms in total. The number of aliphatic hydroxyl groups is 4. The van der Waals surface area contributed by atoms with E-state index in [1.54, 1.807) is 32.0 Å². The highest BCUT2D eigenvalue weighted by Crippen LogP contribution is 2.19. The molecule has 10 N–H and O–H groups in total. The van der Waals surface area contributed by atoms with Gasteiger partial charge in [0.15, 0.2) is 18.3 Å². The lowest BCUT2D eigenvalue weighted by Crippen LogP contribution is -2.39. The molecule has 0 fully saturated rings. The van der Waals surface area contributed by atoms with Crippen molar-refractivity contribution in [2.45, 2.75) is 50.7 Å². The van der Waals surface area contributed by atoms with Crippen LogP contribution in [0.3, 0.4) is 0 Å². The molecule has 1 rings (SSSR count). The number of aliphatic hydroxyl groups excluding tert-OH is 4. The van der Waals surface area contributed by atoms with Crippen LogP contribution in [0.25, 0.3) is 0 Å². The lowest BCUT2D eigenvalue weighted by molar-refractivity contribution is -0.165. The number of nitrogens with two attached hydrogens (primary N) is 1. The molecule has 0 saturated heterocycles. The Hall–Kier alpha value is -2.77. The van der Waals surface area contributed by atoms with Crippen LogP contribution < -0.4 is 5.73 Å². The summed E-state index contributed by atoms with van der Waals surface area (Å²) >= 11 is 0. The summed E-state index contributed by atoms with van der Waals surface area (Å²) in [5.41, 5.74) is 6.13. The molecule has 0 spiro atoms. The molecule has 0 amide bonds. The number of rotatable bonds is 7. The van der Waals surface area contributed by atoms with Crippen LogP contribution in [-0.2, 0) is 14.4 Å². The number of carbonyl (C=O) groups is 3. The van der Waals surface area contributed by atoms with E-state index in [0.29, 0.717) is 5.56 Å². The van der Waals surface area contributed by atoms with Gasteiger partial charge in [-0.3, -0.25) is 0 Å². The van der Waals surface area contributed by atoms with E-state index in [-0.39, 0.29) is 18.2 Å². The SMILES string of the molecule is CCC(O)C(=O)O.C[C@H](N)[C@H](O)c1cccc(O)c1.O=C(O)C(O)C(O)C(=O)O. The Morgan fingerprint density at radius 3 is 1.62 bits per heavy atom. The molecule has 0 heterocycles. The van der Waals surface area contributed by atoms with Gasteiger partial charge in [-0.05, 0) is 31.0 Å². The van der Waals surface area contributed by atoms with Gasteiger partial charge in [-0.15, -0.1) is 0 Å². The summed E-state index contributed by atoms with van der Waals surface area (Å²) in [5.74, 6) is -4.54. The Kier molecular flexibility index (Phi) is 14.0. The number of aromatic hydroxyl groups is 1. The molecule has 1 aromatic rings. The summed E-state index contributed by atoms with van der Waals surface area (Å²) in [6, 6.07) is 6.14. The first kappa shape index (κ1) is 28.4. The van der Waals surface area contributed by atoms with Crippen molar-refractivity contribution in [3.8, 4) is 5.75 Å². The van der Waals surface area contributed by atoms with Gasteiger partial charge >= 0.3 is 17.9 Å². The van der Waals surface area contributed by atoms with Gasteiger partial charge in [0.2, 0.25) is 0 Å². The molecule has 1 aromatic carbocycles. The molecule has 0 radical (unpaired) electrons. The Balaban J connectivity index is 0. The summed E-state index contributed by atoms with van der Waals surface area (Å²) < 4.78 is 0. The molecule has 12 heteroatoms. The van der Waals surface area contributed by atoms with Crippen molar-refractivity contribution in [3.05, 3.63) is 29.8 Å². The molecule has 0 aromatic heterocycles. The maximum atomic E-state index is 9.77. The van der Waals surface area contributed by atoms with E-state index in [9.17, 15) is 19.5 Å². The van der Waals surface area contributed by atoms with Crippen molar-refractivity contribution < 1.29 is 55.2 Å². The van der Waals surface area contributed by atoms with Crippen molar-refractivity contribution in [1.82, 2.24) is 0 Å². The Bertz CT molecular complexity index is 632. The first-order valence-corrected chi connectivity index (χ1v) is 8.21. The summed E-state index contributed by atoms with van der Waals surface area (Å²) in [5, 5.41) is 67.4. The Labute approximate surface area is 166 Å². The number of phenols is 1. The summed E-state index contributed by atoms with van der Waals surface area (Å²) in [6.45, 7) is 3.33. The molecular weight excluding hydrogens is 394 g/mol. The lowest BCUT2D eigenvalue weighted by atomic mass is 10.0. The fourth-order valence-electron chi connectivity index (χ4n) is 1.46. The van der Waals surface area contributed by atoms with Gasteiger partial charge in [0.1, 0.15) is 5.75 Å². The van der Waals surface area contributed by atoms with Crippen LogP contribution in [0.1, 0.15) is 31.9 Å². The number of phenolic OH excluding ortho intramolecular Hbond substituents is 1. The van der Waals surface area contributed by atoms with Crippen LogP contribution in [0.15, 0.2) is 24.3 Å². The van der Waals surface area contributed by atoms with Crippen LogP contribution in [0.4, 0.5) is 0 Å². The normalized spacial score (nSPS) is 15.1. The molecular formula is C17H27NO11. The quantitative estimate of drug-likeness (QED) is 0.244. The lowest BCUT2D eigenvalue weighted by Gasteiger charge is -2.14. The first-order chi connectivity index (χ1) is 13.3.